The topological polar surface area (TPSA) is 192 Å². The molecule has 15 heteroatoms. The third-order valence-corrected chi connectivity index (χ3v) is 12.9. The number of non-ortho nitro benzene ring substituents is 1. The van der Waals surface area contributed by atoms with Crippen LogP contribution in [0.15, 0.2) is 127 Å². The van der Waals surface area contributed by atoms with Crippen molar-refractivity contribution in [1.82, 2.24) is 4.90 Å². The normalized spacial score (nSPS) is 22.1. The van der Waals surface area contributed by atoms with E-state index in [0.717, 1.165) is 47.9 Å². The zero-order valence-corrected chi connectivity index (χ0v) is 38.0. The van der Waals surface area contributed by atoms with E-state index < -0.39 is 28.8 Å². The highest BCUT2D eigenvalue weighted by Crippen LogP contribution is 2.62. The Morgan fingerprint density at radius 1 is 0.910 bits per heavy atom. The number of hydrogen-bond donors (Lipinski definition) is 3. The monoisotopic (exact) mass is 919 g/mol. The van der Waals surface area contributed by atoms with E-state index in [1.54, 1.807) is 18.2 Å². The van der Waals surface area contributed by atoms with E-state index in [4.69, 9.17) is 33.7 Å². The van der Waals surface area contributed by atoms with E-state index in [1.807, 2.05) is 60.7 Å². The molecule has 0 aromatic heterocycles. The molecule has 6 atom stereocenters. The number of nitro groups is 1. The molecule has 1 saturated carbocycles. The minimum absolute atomic E-state index is 0.0113. The number of fused-ring (bicyclic) bond motifs is 2. The van der Waals surface area contributed by atoms with Gasteiger partial charge in [-0.05, 0) is 102 Å². The number of ether oxygens (including phenoxy) is 5. The lowest BCUT2D eigenvalue weighted by Crippen LogP contribution is -2.70. The Kier molecular flexibility index (Phi) is 17.2. The first-order valence-corrected chi connectivity index (χ1v) is 23.0. The van der Waals surface area contributed by atoms with Crippen LogP contribution in [0, 0.1) is 27.9 Å². The number of nitrogens with zero attached hydrogens (tertiary/aromatic N) is 3. The molecule has 15 nitrogen and oxygen atoms in total. The Morgan fingerprint density at radius 2 is 1.63 bits per heavy atom. The van der Waals surface area contributed by atoms with Gasteiger partial charge in [0.15, 0.2) is 0 Å². The molecule has 7 rings (SSSR count). The highest BCUT2D eigenvalue weighted by atomic mass is 16.7. The summed E-state index contributed by atoms with van der Waals surface area (Å²) in [4.78, 5) is 32.6. The van der Waals surface area contributed by atoms with Crippen LogP contribution in [0.4, 0.5) is 10.5 Å². The molecule has 4 aromatic rings. The summed E-state index contributed by atoms with van der Waals surface area (Å²) in [5, 5.41) is 45.7. The molecule has 1 amide bonds. The average Bonchev–Trinajstić information content (AvgIpc) is 3.35. The maximum absolute atomic E-state index is 14.1. The second-order valence-corrected chi connectivity index (χ2v) is 17.0. The van der Waals surface area contributed by atoms with Crippen molar-refractivity contribution in [3.63, 3.8) is 0 Å². The van der Waals surface area contributed by atoms with Crippen molar-refractivity contribution < 1.29 is 53.6 Å². The predicted octanol–water partition coefficient (Wildman–Crippen LogP) is 8.97. The summed E-state index contributed by atoms with van der Waals surface area (Å²) < 4.78 is 32.0. The fraction of sp³-hybridized carbons (Fsp3) is 0.423. The highest BCUT2D eigenvalue weighted by molar-refractivity contribution is 6.03. The molecule has 2 aliphatic carbocycles. The first kappa shape index (κ1) is 48.8. The fourth-order valence-electron chi connectivity index (χ4n) is 9.91. The molecule has 3 aliphatic rings. The minimum atomic E-state index is -1.54. The summed E-state index contributed by atoms with van der Waals surface area (Å²) in [6.07, 6.45) is 7.57. The number of benzene rings is 4. The SMILES string of the molecule is C=CCO[C@@]12Oc3ccc(Oc4ccc(-c5ccccc5)cc4)cc3[C@H]3[C@H](CCCCO)[C@@H](CCCCO)C=C(C(=NOCc4ccc([N+](=O)[O-])cc4)C[C@@H]1N(CCOCCO)C(=O)OC)[C@H]32. The molecule has 4 aromatic carbocycles. The van der Waals surface area contributed by atoms with E-state index in [1.165, 1.54) is 24.1 Å². The van der Waals surface area contributed by atoms with Gasteiger partial charge >= 0.3 is 6.09 Å². The average molecular weight is 920 g/mol. The number of amides is 1. The Bertz CT molecular complexity index is 2320. The highest BCUT2D eigenvalue weighted by Gasteiger charge is 2.65. The van der Waals surface area contributed by atoms with Crippen LogP contribution < -0.4 is 9.47 Å². The zero-order valence-electron chi connectivity index (χ0n) is 38.0. The first-order valence-electron chi connectivity index (χ1n) is 23.0. The largest absolute Gasteiger partial charge is 0.459 e. The molecule has 1 heterocycles. The fourth-order valence-corrected chi connectivity index (χ4v) is 9.91. The summed E-state index contributed by atoms with van der Waals surface area (Å²) in [7, 11) is 1.31. The Labute approximate surface area is 391 Å². The van der Waals surface area contributed by atoms with Gasteiger partial charge in [-0.1, -0.05) is 72.6 Å². The molecular weight excluding hydrogens is 859 g/mol. The predicted molar refractivity (Wildman–Crippen MR) is 252 cm³/mol. The van der Waals surface area contributed by atoms with E-state index >= 15 is 0 Å². The van der Waals surface area contributed by atoms with Gasteiger partial charge in [-0.25, -0.2) is 4.79 Å². The summed E-state index contributed by atoms with van der Waals surface area (Å²) in [6, 6.07) is 29.0. The Morgan fingerprint density at radius 3 is 2.31 bits per heavy atom. The molecule has 0 radical (unpaired) electrons. The van der Waals surface area contributed by atoms with Crippen molar-refractivity contribution in [1.29, 1.82) is 0 Å². The molecule has 1 aliphatic heterocycles. The van der Waals surface area contributed by atoms with Crippen molar-refractivity contribution in [2.45, 2.75) is 69.3 Å². The number of carbonyl (C=O) groups is 1. The van der Waals surface area contributed by atoms with Crippen LogP contribution >= 0.6 is 0 Å². The van der Waals surface area contributed by atoms with Gasteiger partial charge in [-0.15, -0.1) is 6.58 Å². The maximum atomic E-state index is 14.1. The van der Waals surface area contributed by atoms with Gasteiger partial charge in [0, 0.05) is 49.8 Å². The lowest BCUT2D eigenvalue weighted by atomic mass is 9.55. The maximum Gasteiger partial charge on any atom is 0.410 e. The molecular formula is C52H61N3O12. The molecule has 3 N–H and O–H groups in total. The Balaban J connectivity index is 1.38. The number of aliphatic hydroxyl groups is 3. The number of rotatable bonds is 24. The number of nitro benzene ring substituents is 1. The van der Waals surface area contributed by atoms with Gasteiger partial charge < -0.3 is 43.8 Å². The number of oxime groups is 1. The number of carbonyl (C=O) groups excluding carboxylic acids is 1. The van der Waals surface area contributed by atoms with Crippen LogP contribution in [0.2, 0.25) is 0 Å². The third kappa shape index (κ3) is 11.4. The summed E-state index contributed by atoms with van der Waals surface area (Å²) in [5.74, 6) is -0.694. The lowest BCUT2D eigenvalue weighted by Gasteiger charge is -2.59. The summed E-state index contributed by atoms with van der Waals surface area (Å²) in [5.41, 5.74) is 5.05. The van der Waals surface area contributed by atoms with Gasteiger partial charge in [-0.2, -0.15) is 0 Å². The molecule has 356 valence electrons. The standard InChI is InChI=1S/C52H61N3O12/c1-3-29-64-52-48(54(51(59)62-2)25-30-63-31-28-58)34-46(53-65-35-36-15-19-40(20-16-36)55(60)61)44-32-39(13-7-9-26-56)43(14-8-10-27-57)49(50(44)52)45-33-42(23-24-47(45)67-52)66-41-21-17-38(18-22-41)37-11-5-4-6-12-37/h3-6,11-12,15-24,32-33,39,43,48-50,56-58H,1,7-10,13-14,25-31,34-35H2,2H3/t39-,43+,48-,49+,50+,52+/m0/s1. The van der Waals surface area contributed by atoms with E-state index in [9.17, 15) is 30.2 Å². The van der Waals surface area contributed by atoms with Crippen molar-refractivity contribution in [2.24, 2.45) is 22.9 Å². The Hall–Kier alpha value is -6.10. The van der Waals surface area contributed by atoms with E-state index in [0.29, 0.717) is 41.4 Å². The number of hydrogen-bond acceptors (Lipinski definition) is 13. The van der Waals surface area contributed by atoms with Gasteiger partial charge in [0.2, 0.25) is 5.79 Å². The molecule has 0 bridgehead atoms. The lowest BCUT2D eigenvalue weighted by molar-refractivity contribution is -0.384. The van der Waals surface area contributed by atoms with Crippen LogP contribution in [-0.4, -0.2) is 102 Å². The quantitative estimate of drug-likeness (QED) is 0.0262. The van der Waals surface area contributed by atoms with Gasteiger partial charge in [0.05, 0.1) is 50.1 Å². The summed E-state index contributed by atoms with van der Waals surface area (Å²) in [6.45, 7) is 4.17. The smallest absolute Gasteiger partial charge is 0.410 e. The van der Waals surface area contributed by atoms with Crippen LogP contribution in [-0.2, 0) is 25.7 Å². The molecule has 67 heavy (non-hydrogen) atoms. The van der Waals surface area contributed by atoms with E-state index in [2.05, 4.69) is 24.8 Å². The first-order chi connectivity index (χ1) is 32.7. The van der Waals surface area contributed by atoms with Crippen LogP contribution in [0.5, 0.6) is 17.2 Å². The second-order valence-electron chi connectivity index (χ2n) is 17.0. The van der Waals surface area contributed by atoms with Gasteiger partial charge in [-0.3, -0.25) is 15.0 Å². The van der Waals surface area contributed by atoms with Crippen LogP contribution in [0.25, 0.3) is 11.1 Å². The van der Waals surface area contributed by atoms with Crippen LogP contribution in [0.3, 0.4) is 0 Å². The zero-order chi connectivity index (χ0) is 47.2. The molecule has 0 spiro atoms. The number of methoxy groups -OCH3 is 1. The number of unbranched alkanes of at least 4 members (excludes halogenated alkanes) is 2. The van der Waals surface area contributed by atoms with Crippen molar-refractivity contribution >= 4 is 17.5 Å². The van der Waals surface area contributed by atoms with Crippen molar-refractivity contribution in [2.75, 3.05) is 53.3 Å². The van der Waals surface area contributed by atoms with Crippen molar-refractivity contribution in [3.05, 3.63) is 143 Å². The van der Waals surface area contributed by atoms with Gasteiger partial charge in [0.1, 0.15) is 29.9 Å². The van der Waals surface area contributed by atoms with Gasteiger partial charge in [0.25, 0.3) is 5.69 Å². The molecule has 1 fully saturated rings. The van der Waals surface area contributed by atoms with E-state index in [-0.39, 0.29) is 82.7 Å². The van der Waals surface area contributed by atoms with Crippen molar-refractivity contribution in [3.8, 4) is 28.4 Å². The molecule has 0 unspecified atom stereocenters. The number of aliphatic hydroxyl groups excluding tert-OH is 3. The summed E-state index contributed by atoms with van der Waals surface area (Å²) >= 11 is 0. The van der Waals surface area contributed by atoms with Crippen LogP contribution in [0.1, 0.15) is 62.0 Å². The third-order valence-electron chi connectivity index (χ3n) is 12.9. The number of allylic oxidation sites excluding steroid dienone is 1. The second kappa shape index (κ2) is 23.6. The molecule has 0 saturated heterocycles. The minimum Gasteiger partial charge on any atom is -0.459 e.